The van der Waals surface area contributed by atoms with Gasteiger partial charge in [-0.1, -0.05) is 23.4 Å². The van der Waals surface area contributed by atoms with Gasteiger partial charge >= 0.3 is 5.97 Å². The Bertz CT molecular complexity index is 1270. The highest BCUT2D eigenvalue weighted by Crippen LogP contribution is 2.24. The van der Waals surface area contributed by atoms with E-state index < -0.39 is 12.6 Å². The molecule has 0 aliphatic heterocycles. The third kappa shape index (κ3) is 4.64. The molecule has 0 atom stereocenters. The van der Waals surface area contributed by atoms with Crippen LogP contribution in [0.4, 0.5) is 10.1 Å². The molecular weight excluding hydrogens is 417 g/mol. The van der Waals surface area contributed by atoms with Crippen LogP contribution in [-0.4, -0.2) is 44.7 Å². The molecule has 164 valence electrons. The van der Waals surface area contributed by atoms with E-state index in [1.165, 1.54) is 6.20 Å². The zero-order chi connectivity index (χ0) is 22.5. The SMILES string of the molecule is Cc1ccc(-c2noc(CCC(=O)OCCF)n2)cc1NC(=O)c1cnc2ccccn12. The van der Waals surface area contributed by atoms with E-state index in [2.05, 4.69) is 25.2 Å². The van der Waals surface area contributed by atoms with E-state index >= 15 is 0 Å². The number of nitrogens with zero attached hydrogens (tertiary/aromatic N) is 4. The van der Waals surface area contributed by atoms with Crippen molar-refractivity contribution in [1.82, 2.24) is 19.5 Å². The Balaban J connectivity index is 1.48. The van der Waals surface area contributed by atoms with Gasteiger partial charge in [0.15, 0.2) is 0 Å². The zero-order valence-electron chi connectivity index (χ0n) is 17.2. The number of aryl methyl sites for hydroxylation is 2. The van der Waals surface area contributed by atoms with Crippen LogP contribution in [0.25, 0.3) is 17.0 Å². The number of carbonyl (C=O) groups excluding carboxylic acids is 2. The number of anilines is 1. The number of fused-ring (bicyclic) bond motifs is 1. The summed E-state index contributed by atoms with van der Waals surface area (Å²) in [6.07, 6.45) is 3.49. The van der Waals surface area contributed by atoms with Gasteiger partial charge in [-0.15, -0.1) is 0 Å². The number of hydrogen-bond acceptors (Lipinski definition) is 7. The molecule has 1 amide bonds. The Morgan fingerprint density at radius 3 is 2.97 bits per heavy atom. The molecule has 0 saturated carbocycles. The standard InChI is InChI=1S/C22H20FN5O4/c1-14-5-6-15(21-26-19(32-27-21)7-8-20(29)31-11-9-23)12-16(14)25-22(30)17-13-24-18-4-2-3-10-28(17)18/h2-6,10,12-13H,7-9,11H2,1H3,(H,25,30). The fraction of sp³-hybridized carbons (Fsp3) is 0.227. The average molecular weight is 437 g/mol. The molecule has 3 aromatic heterocycles. The van der Waals surface area contributed by atoms with Crippen LogP contribution in [0.5, 0.6) is 0 Å². The van der Waals surface area contributed by atoms with Crippen molar-refractivity contribution in [3.05, 3.63) is 65.9 Å². The molecule has 0 aliphatic rings. The normalized spacial score (nSPS) is 10.9. The van der Waals surface area contributed by atoms with Gasteiger partial charge in [0.05, 0.1) is 12.6 Å². The van der Waals surface area contributed by atoms with Crippen LogP contribution in [0.1, 0.15) is 28.4 Å². The minimum atomic E-state index is -0.722. The fourth-order valence-electron chi connectivity index (χ4n) is 3.09. The van der Waals surface area contributed by atoms with Crippen LogP contribution >= 0.6 is 0 Å². The third-order valence-corrected chi connectivity index (χ3v) is 4.74. The molecule has 32 heavy (non-hydrogen) atoms. The molecule has 0 fully saturated rings. The lowest BCUT2D eigenvalue weighted by Crippen LogP contribution is -2.15. The van der Waals surface area contributed by atoms with Gasteiger partial charge < -0.3 is 14.6 Å². The Kier molecular flexibility index (Phi) is 6.20. The van der Waals surface area contributed by atoms with Crippen molar-refractivity contribution < 1.29 is 23.2 Å². The third-order valence-electron chi connectivity index (χ3n) is 4.74. The number of rotatable bonds is 8. The van der Waals surface area contributed by atoms with Crippen molar-refractivity contribution in [3.8, 4) is 11.4 Å². The molecule has 4 aromatic rings. The van der Waals surface area contributed by atoms with Crippen LogP contribution < -0.4 is 5.32 Å². The summed E-state index contributed by atoms with van der Waals surface area (Å²) in [4.78, 5) is 32.8. The summed E-state index contributed by atoms with van der Waals surface area (Å²) in [5, 5.41) is 6.85. The maximum Gasteiger partial charge on any atom is 0.306 e. The molecule has 0 radical (unpaired) electrons. The quantitative estimate of drug-likeness (QED) is 0.421. The second kappa shape index (κ2) is 9.38. The summed E-state index contributed by atoms with van der Waals surface area (Å²) in [6, 6.07) is 10.9. The predicted molar refractivity (Wildman–Crippen MR) is 113 cm³/mol. The van der Waals surface area contributed by atoms with Crippen molar-refractivity contribution >= 4 is 23.2 Å². The number of amides is 1. The maximum absolute atomic E-state index is 12.8. The topological polar surface area (TPSA) is 112 Å². The maximum atomic E-state index is 12.8. The van der Waals surface area contributed by atoms with Gasteiger partial charge in [0.1, 0.15) is 24.6 Å². The first-order valence-electron chi connectivity index (χ1n) is 9.94. The Morgan fingerprint density at radius 1 is 1.25 bits per heavy atom. The number of hydrogen-bond donors (Lipinski definition) is 1. The molecule has 0 bridgehead atoms. The largest absolute Gasteiger partial charge is 0.463 e. The molecule has 10 heteroatoms. The molecule has 4 rings (SSSR count). The van der Waals surface area contributed by atoms with Crippen LogP contribution in [0, 0.1) is 6.92 Å². The highest BCUT2D eigenvalue weighted by atomic mass is 19.1. The number of halogens is 1. The highest BCUT2D eigenvalue weighted by Gasteiger charge is 2.16. The van der Waals surface area contributed by atoms with Gasteiger partial charge in [-0.25, -0.2) is 9.37 Å². The minimum Gasteiger partial charge on any atom is -0.463 e. The molecule has 1 aromatic carbocycles. The minimum absolute atomic E-state index is 0.0101. The summed E-state index contributed by atoms with van der Waals surface area (Å²) in [6.45, 7) is 0.888. The summed E-state index contributed by atoms with van der Waals surface area (Å²) in [5.41, 5.74) is 3.18. The molecule has 1 N–H and O–H groups in total. The zero-order valence-corrected chi connectivity index (χ0v) is 17.2. The van der Waals surface area contributed by atoms with Gasteiger partial charge in [-0.05, 0) is 30.7 Å². The lowest BCUT2D eigenvalue weighted by Gasteiger charge is -2.09. The van der Waals surface area contributed by atoms with Crippen LogP contribution in [-0.2, 0) is 16.0 Å². The summed E-state index contributed by atoms with van der Waals surface area (Å²) < 4.78 is 23.6. The number of alkyl halides is 1. The van der Waals surface area contributed by atoms with Gasteiger partial charge in [-0.3, -0.25) is 14.0 Å². The molecule has 0 unspecified atom stereocenters. The van der Waals surface area contributed by atoms with Crippen molar-refractivity contribution in [1.29, 1.82) is 0 Å². The van der Waals surface area contributed by atoms with E-state index in [1.807, 2.05) is 37.3 Å². The molecule has 3 heterocycles. The number of benzene rings is 1. The number of ether oxygens (including phenoxy) is 1. The number of imidazole rings is 1. The summed E-state index contributed by atoms with van der Waals surface area (Å²) in [7, 11) is 0. The van der Waals surface area contributed by atoms with E-state index in [-0.39, 0.29) is 31.2 Å². The number of pyridine rings is 1. The van der Waals surface area contributed by atoms with Crippen LogP contribution in [0.15, 0.2) is 53.3 Å². The number of carbonyl (C=O) groups is 2. The first kappa shape index (κ1) is 21.2. The smallest absolute Gasteiger partial charge is 0.306 e. The van der Waals surface area contributed by atoms with Crippen molar-refractivity contribution in [3.63, 3.8) is 0 Å². The van der Waals surface area contributed by atoms with Gasteiger partial charge in [-0.2, -0.15) is 4.98 Å². The Hall–Kier alpha value is -4.08. The van der Waals surface area contributed by atoms with Crippen LogP contribution in [0.3, 0.4) is 0 Å². The second-order valence-corrected chi connectivity index (χ2v) is 6.98. The molecular formula is C22H20FN5O4. The molecule has 0 spiro atoms. The van der Waals surface area contributed by atoms with Crippen LogP contribution in [0.2, 0.25) is 0 Å². The highest BCUT2D eigenvalue weighted by molar-refractivity contribution is 6.04. The van der Waals surface area contributed by atoms with E-state index in [1.54, 1.807) is 16.7 Å². The summed E-state index contributed by atoms with van der Waals surface area (Å²) >= 11 is 0. The second-order valence-electron chi connectivity index (χ2n) is 6.98. The number of aromatic nitrogens is 4. The van der Waals surface area contributed by atoms with Crippen molar-refractivity contribution in [2.24, 2.45) is 0 Å². The first-order valence-corrected chi connectivity index (χ1v) is 9.94. The lowest BCUT2D eigenvalue weighted by atomic mass is 10.1. The fourth-order valence-corrected chi connectivity index (χ4v) is 3.09. The first-order chi connectivity index (χ1) is 15.5. The van der Waals surface area contributed by atoms with Crippen molar-refractivity contribution in [2.45, 2.75) is 19.8 Å². The van der Waals surface area contributed by atoms with E-state index in [9.17, 15) is 14.0 Å². The molecule has 0 aliphatic carbocycles. The van der Waals surface area contributed by atoms with E-state index in [0.29, 0.717) is 28.4 Å². The van der Waals surface area contributed by atoms with Gasteiger partial charge in [0, 0.05) is 23.9 Å². The van der Waals surface area contributed by atoms with E-state index in [4.69, 9.17) is 4.52 Å². The molecule has 0 saturated heterocycles. The predicted octanol–water partition coefficient (Wildman–Crippen LogP) is 3.39. The summed E-state index contributed by atoms with van der Waals surface area (Å²) in [5.74, 6) is -0.254. The van der Waals surface area contributed by atoms with Gasteiger partial charge in [0.2, 0.25) is 11.7 Å². The molecule has 9 nitrogen and oxygen atoms in total. The lowest BCUT2D eigenvalue weighted by molar-refractivity contribution is -0.144. The van der Waals surface area contributed by atoms with Crippen molar-refractivity contribution in [2.75, 3.05) is 18.6 Å². The van der Waals surface area contributed by atoms with Gasteiger partial charge in [0.25, 0.3) is 5.91 Å². The monoisotopic (exact) mass is 437 g/mol. The Labute approximate surface area is 182 Å². The van der Waals surface area contributed by atoms with E-state index in [0.717, 1.165) is 5.56 Å². The number of esters is 1. The number of nitrogens with one attached hydrogen (secondary N) is 1. The average Bonchev–Trinajstić information content (AvgIpc) is 3.45. The Morgan fingerprint density at radius 2 is 2.12 bits per heavy atom.